The lowest BCUT2D eigenvalue weighted by Gasteiger charge is -2.37. The minimum atomic E-state index is -0.842. The van der Waals surface area contributed by atoms with Gasteiger partial charge in [0, 0.05) is 0 Å². The van der Waals surface area contributed by atoms with Crippen LogP contribution in [-0.4, -0.2) is 10.7 Å². The molecule has 0 aromatic heterocycles. The van der Waals surface area contributed by atoms with Crippen molar-refractivity contribution in [2.45, 2.75) is 52.1 Å². The van der Waals surface area contributed by atoms with Crippen LogP contribution in [0.4, 0.5) is 0 Å². The molecule has 1 rings (SSSR count). The average Bonchev–Trinajstić information content (AvgIpc) is 2.02. The summed E-state index contributed by atoms with van der Waals surface area (Å²) in [7, 11) is 0. The van der Waals surface area contributed by atoms with Gasteiger partial charge in [-0.15, -0.1) is 0 Å². The Morgan fingerprint density at radius 2 is 2.29 bits per heavy atom. The molecule has 1 fully saturated rings. The van der Waals surface area contributed by atoms with Crippen molar-refractivity contribution in [3.05, 3.63) is 11.1 Å². The van der Waals surface area contributed by atoms with E-state index in [9.17, 15) is 5.11 Å². The summed E-state index contributed by atoms with van der Waals surface area (Å²) < 4.78 is 0. The van der Waals surface area contributed by atoms with E-state index >= 15 is 0 Å². The number of rotatable bonds is 1. The van der Waals surface area contributed by atoms with E-state index in [-0.39, 0.29) is 6.42 Å². The maximum Gasteiger partial charge on any atom is 0.0991 e. The van der Waals surface area contributed by atoms with Crippen molar-refractivity contribution in [1.82, 2.24) is 0 Å². The van der Waals surface area contributed by atoms with Gasteiger partial charge in [-0.25, -0.2) is 0 Å². The molecular formula is C12H19NO. The Kier molecular flexibility index (Phi) is 3.34. The second-order valence-electron chi connectivity index (χ2n) is 4.69. The first-order valence-corrected chi connectivity index (χ1v) is 5.26. The summed E-state index contributed by atoms with van der Waals surface area (Å²) in [4.78, 5) is 0. The maximum absolute atomic E-state index is 10.4. The maximum atomic E-state index is 10.4. The Morgan fingerprint density at radius 1 is 1.64 bits per heavy atom. The molecule has 1 aliphatic carbocycles. The molecule has 1 saturated carbocycles. The number of nitrogens with zero attached hydrogens (tertiary/aromatic N) is 1. The second-order valence-corrected chi connectivity index (χ2v) is 4.69. The van der Waals surface area contributed by atoms with Crippen LogP contribution in [0.1, 0.15) is 46.5 Å². The number of hydrogen-bond acceptors (Lipinski definition) is 2. The predicted octanol–water partition coefficient (Wildman–Crippen LogP) is 2.79. The van der Waals surface area contributed by atoms with Gasteiger partial charge >= 0.3 is 0 Å². The summed E-state index contributed by atoms with van der Waals surface area (Å²) in [6, 6.07) is 2.10. The lowest BCUT2D eigenvalue weighted by atomic mass is 9.72. The SMILES string of the molecule is CC(C)=C1CC[C@H](C)CC1(O)CC#N. The van der Waals surface area contributed by atoms with Gasteiger partial charge in [0.15, 0.2) is 0 Å². The summed E-state index contributed by atoms with van der Waals surface area (Å²) >= 11 is 0. The van der Waals surface area contributed by atoms with Gasteiger partial charge in [0.2, 0.25) is 0 Å². The third kappa shape index (κ3) is 2.16. The molecule has 0 saturated heterocycles. The standard InChI is InChI=1S/C12H19NO/c1-9(2)11-5-4-10(3)8-12(11,14)6-7-13/h10,14H,4-6,8H2,1-3H3/t10-,12?/m0/s1. The van der Waals surface area contributed by atoms with Crippen LogP contribution in [0.3, 0.4) is 0 Å². The lowest BCUT2D eigenvalue weighted by Crippen LogP contribution is -2.37. The van der Waals surface area contributed by atoms with Crippen molar-refractivity contribution in [1.29, 1.82) is 5.26 Å². The van der Waals surface area contributed by atoms with Crippen LogP contribution < -0.4 is 0 Å². The van der Waals surface area contributed by atoms with Gasteiger partial charge < -0.3 is 5.11 Å². The van der Waals surface area contributed by atoms with Gasteiger partial charge in [0.05, 0.1) is 18.1 Å². The molecule has 0 heterocycles. The van der Waals surface area contributed by atoms with Crippen LogP contribution in [0.25, 0.3) is 0 Å². The first kappa shape index (κ1) is 11.3. The number of hydrogen-bond donors (Lipinski definition) is 1. The third-order valence-corrected chi connectivity index (χ3v) is 3.11. The van der Waals surface area contributed by atoms with Gasteiger partial charge in [0.25, 0.3) is 0 Å². The Morgan fingerprint density at radius 3 is 2.79 bits per heavy atom. The van der Waals surface area contributed by atoms with Gasteiger partial charge in [-0.05, 0) is 44.6 Å². The zero-order valence-corrected chi connectivity index (χ0v) is 9.30. The number of nitriles is 1. The van der Waals surface area contributed by atoms with Crippen molar-refractivity contribution < 1.29 is 5.11 Å². The minimum Gasteiger partial charge on any atom is -0.384 e. The average molecular weight is 193 g/mol. The number of allylic oxidation sites excluding steroid dienone is 1. The zero-order valence-electron chi connectivity index (χ0n) is 9.30. The van der Waals surface area contributed by atoms with E-state index in [0.29, 0.717) is 5.92 Å². The fourth-order valence-corrected chi connectivity index (χ4v) is 2.45. The smallest absolute Gasteiger partial charge is 0.0991 e. The highest BCUT2D eigenvalue weighted by molar-refractivity contribution is 5.25. The highest BCUT2D eigenvalue weighted by Gasteiger charge is 2.37. The topological polar surface area (TPSA) is 44.0 Å². The lowest BCUT2D eigenvalue weighted by molar-refractivity contribution is 0.0373. The molecule has 2 nitrogen and oxygen atoms in total. The van der Waals surface area contributed by atoms with Crippen LogP contribution in [0.2, 0.25) is 0 Å². The first-order chi connectivity index (χ1) is 6.49. The van der Waals surface area contributed by atoms with Crippen LogP contribution in [-0.2, 0) is 0 Å². The Balaban J connectivity index is 2.96. The summed E-state index contributed by atoms with van der Waals surface area (Å²) in [5, 5.41) is 19.1. The summed E-state index contributed by atoms with van der Waals surface area (Å²) in [5.74, 6) is 0.524. The molecule has 14 heavy (non-hydrogen) atoms. The largest absolute Gasteiger partial charge is 0.384 e. The van der Waals surface area contributed by atoms with E-state index in [4.69, 9.17) is 5.26 Å². The van der Waals surface area contributed by atoms with Crippen LogP contribution >= 0.6 is 0 Å². The Hall–Kier alpha value is -0.810. The highest BCUT2D eigenvalue weighted by Crippen LogP contribution is 2.40. The molecule has 2 heteroatoms. The summed E-state index contributed by atoms with van der Waals surface area (Å²) in [5.41, 5.74) is 1.43. The molecule has 0 aromatic rings. The normalized spacial score (nSPS) is 32.5. The quantitative estimate of drug-likeness (QED) is 0.651. The molecule has 0 radical (unpaired) electrons. The molecular weight excluding hydrogens is 174 g/mol. The van der Waals surface area contributed by atoms with Crippen molar-refractivity contribution in [2.75, 3.05) is 0 Å². The monoisotopic (exact) mass is 193 g/mol. The summed E-state index contributed by atoms with van der Waals surface area (Å²) in [6.45, 7) is 6.19. The molecule has 2 atom stereocenters. The fourth-order valence-electron chi connectivity index (χ4n) is 2.45. The van der Waals surface area contributed by atoms with Crippen LogP contribution in [0.5, 0.6) is 0 Å². The molecule has 0 spiro atoms. The Labute approximate surface area is 86.2 Å². The van der Waals surface area contributed by atoms with E-state index in [1.54, 1.807) is 0 Å². The number of aliphatic hydroxyl groups is 1. The molecule has 1 aliphatic rings. The zero-order chi connectivity index (χ0) is 10.8. The second kappa shape index (κ2) is 4.14. The van der Waals surface area contributed by atoms with Crippen molar-refractivity contribution in [2.24, 2.45) is 5.92 Å². The molecule has 0 aromatic carbocycles. The van der Waals surface area contributed by atoms with Crippen molar-refractivity contribution >= 4 is 0 Å². The van der Waals surface area contributed by atoms with Crippen molar-refractivity contribution in [3.8, 4) is 6.07 Å². The van der Waals surface area contributed by atoms with Gasteiger partial charge in [-0.1, -0.05) is 12.5 Å². The van der Waals surface area contributed by atoms with Crippen LogP contribution in [0.15, 0.2) is 11.1 Å². The van der Waals surface area contributed by atoms with Crippen molar-refractivity contribution in [3.63, 3.8) is 0 Å². The van der Waals surface area contributed by atoms with Gasteiger partial charge in [-0.3, -0.25) is 0 Å². The molecule has 0 amide bonds. The van der Waals surface area contributed by atoms with E-state index in [2.05, 4.69) is 13.0 Å². The fraction of sp³-hybridized carbons (Fsp3) is 0.750. The van der Waals surface area contributed by atoms with E-state index in [1.165, 1.54) is 5.57 Å². The highest BCUT2D eigenvalue weighted by atomic mass is 16.3. The molecule has 1 unspecified atom stereocenters. The molecule has 0 aliphatic heterocycles. The van der Waals surface area contributed by atoms with Gasteiger partial charge in [0.1, 0.15) is 0 Å². The molecule has 0 bridgehead atoms. The van der Waals surface area contributed by atoms with E-state index < -0.39 is 5.60 Å². The third-order valence-electron chi connectivity index (χ3n) is 3.11. The minimum absolute atomic E-state index is 0.234. The van der Waals surface area contributed by atoms with E-state index in [1.807, 2.05) is 13.8 Å². The predicted molar refractivity (Wildman–Crippen MR) is 56.6 cm³/mol. The molecule has 1 N–H and O–H groups in total. The van der Waals surface area contributed by atoms with Crippen LogP contribution in [0, 0.1) is 17.2 Å². The molecule has 78 valence electrons. The summed E-state index contributed by atoms with van der Waals surface area (Å²) in [6.07, 6.45) is 3.05. The van der Waals surface area contributed by atoms with Gasteiger partial charge in [-0.2, -0.15) is 5.26 Å². The van der Waals surface area contributed by atoms with E-state index in [0.717, 1.165) is 24.8 Å². The first-order valence-electron chi connectivity index (χ1n) is 5.26. The Bertz CT molecular complexity index is 283.